The molecule has 0 aliphatic carbocycles. The van der Waals surface area contributed by atoms with Crippen LogP contribution in [0.3, 0.4) is 0 Å². The number of benzene rings is 1. The van der Waals surface area contributed by atoms with Gasteiger partial charge in [0.05, 0.1) is 4.92 Å². The van der Waals surface area contributed by atoms with Crippen LogP contribution in [0, 0.1) is 16.0 Å². The largest absolute Gasteiger partial charge is 0.269 e. The lowest BCUT2D eigenvalue weighted by Crippen LogP contribution is -2.11. The molecule has 3 nitrogen and oxygen atoms in total. The summed E-state index contributed by atoms with van der Waals surface area (Å²) in [4.78, 5) is 10.1. The molecule has 0 heterocycles. The molecule has 1 rings (SSSR count). The fraction of sp³-hybridized carbons (Fsp3) is 0.538. The van der Waals surface area contributed by atoms with Crippen LogP contribution in [0.4, 0.5) is 5.69 Å². The van der Waals surface area contributed by atoms with Crippen molar-refractivity contribution in [2.24, 2.45) is 5.92 Å². The van der Waals surface area contributed by atoms with E-state index in [1.54, 1.807) is 12.1 Å². The van der Waals surface area contributed by atoms with Gasteiger partial charge in [-0.25, -0.2) is 0 Å². The summed E-state index contributed by atoms with van der Waals surface area (Å²) in [6.07, 6.45) is 3.02. The average molecular weight is 256 g/mol. The van der Waals surface area contributed by atoms with Crippen molar-refractivity contribution in [1.29, 1.82) is 0 Å². The summed E-state index contributed by atoms with van der Waals surface area (Å²) in [5.74, 6) is 0.506. The number of nitrogens with zero attached hydrogens (tertiary/aromatic N) is 1. The highest BCUT2D eigenvalue weighted by atomic mass is 35.5. The molecule has 4 heteroatoms. The maximum atomic E-state index is 10.5. The molecule has 0 aromatic heterocycles. The molecule has 0 radical (unpaired) electrons. The molecule has 2 unspecified atom stereocenters. The zero-order valence-corrected chi connectivity index (χ0v) is 11.0. The molecule has 0 saturated heterocycles. The second-order valence-corrected chi connectivity index (χ2v) is 5.00. The number of halogens is 1. The van der Waals surface area contributed by atoms with E-state index in [-0.39, 0.29) is 16.0 Å². The number of aryl methyl sites for hydroxylation is 1. The molecule has 17 heavy (non-hydrogen) atoms. The van der Waals surface area contributed by atoms with Crippen LogP contribution in [0.2, 0.25) is 0 Å². The Morgan fingerprint density at radius 1 is 1.35 bits per heavy atom. The summed E-state index contributed by atoms with van der Waals surface area (Å²) >= 11 is 6.09. The summed E-state index contributed by atoms with van der Waals surface area (Å²) in [5.41, 5.74) is 1.28. The first-order valence-corrected chi connectivity index (χ1v) is 6.35. The molecule has 0 aliphatic rings. The standard InChI is InChI=1S/C13H18ClNO2/c1-3-12(10(2)14)7-4-11-5-8-13(9-6-11)15(16)17/h5-6,8-10,12H,3-4,7H2,1-2H3. The van der Waals surface area contributed by atoms with Gasteiger partial charge in [0.1, 0.15) is 0 Å². The van der Waals surface area contributed by atoms with Crippen LogP contribution in [-0.4, -0.2) is 10.3 Å². The molecule has 1 aromatic carbocycles. The Labute approximate surface area is 107 Å². The molecule has 0 spiro atoms. The monoisotopic (exact) mass is 255 g/mol. The van der Waals surface area contributed by atoms with Gasteiger partial charge in [-0.15, -0.1) is 11.6 Å². The number of non-ortho nitro benzene ring substituents is 1. The van der Waals surface area contributed by atoms with Crippen LogP contribution in [0.25, 0.3) is 0 Å². The maximum absolute atomic E-state index is 10.5. The molecule has 0 aliphatic heterocycles. The van der Waals surface area contributed by atoms with Gasteiger partial charge >= 0.3 is 0 Å². The van der Waals surface area contributed by atoms with Crippen LogP contribution >= 0.6 is 11.6 Å². The van der Waals surface area contributed by atoms with Gasteiger partial charge in [0, 0.05) is 17.5 Å². The Morgan fingerprint density at radius 2 is 1.94 bits per heavy atom. The molecular weight excluding hydrogens is 238 g/mol. The van der Waals surface area contributed by atoms with Crippen molar-refractivity contribution in [3.05, 3.63) is 39.9 Å². The Kier molecular flexibility index (Phi) is 5.42. The van der Waals surface area contributed by atoms with Crippen molar-refractivity contribution in [1.82, 2.24) is 0 Å². The molecule has 2 atom stereocenters. The molecule has 0 bridgehead atoms. The van der Waals surface area contributed by atoms with Gasteiger partial charge in [-0.2, -0.15) is 0 Å². The van der Waals surface area contributed by atoms with Crippen molar-refractivity contribution in [3.63, 3.8) is 0 Å². The molecular formula is C13H18ClNO2. The molecule has 1 aromatic rings. The van der Waals surface area contributed by atoms with Crippen molar-refractivity contribution < 1.29 is 4.92 Å². The minimum Gasteiger partial charge on any atom is -0.258 e. The first kappa shape index (κ1) is 14.0. The van der Waals surface area contributed by atoms with Gasteiger partial charge in [-0.05, 0) is 31.2 Å². The predicted molar refractivity (Wildman–Crippen MR) is 70.5 cm³/mol. The molecule has 0 N–H and O–H groups in total. The highest BCUT2D eigenvalue weighted by molar-refractivity contribution is 6.20. The lowest BCUT2D eigenvalue weighted by molar-refractivity contribution is -0.384. The molecule has 0 saturated carbocycles. The maximum Gasteiger partial charge on any atom is 0.269 e. The third-order valence-corrected chi connectivity index (χ3v) is 3.48. The number of rotatable bonds is 6. The smallest absolute Gasteiger partial charge is 0.258 e. The summed E-state index contributed by atoms with van der Waals surface area (Å²) in [6.45, 7) is 4.16. The third kappa shape index (κ3) is 4.35. The van der Waals surface area contributed by atoms with Gasteiger partial charge in [0.2, 0.25) is 0 Å². The Morgan fingerprint density at radius 3 is 2.35 bits per heavy atom. The fourth-order valence-corrected chi connectivity index (χ4v) is 2.20. The van der Waals surface area contributed by atoms with E-state index >= 15 is 0 Å². The lowest BCUT2D eigenvalue weighted by atomic mass is 9.94. The second kappa shape index (κ2) is 6.60. The van der Waals surface area contributed by atoms with Gasteiger partial charge < -0.3 is 0 Å². The highest BCUT2D eigenvalue weighted by Crippen LogP contribution is 2.21. The normalized spacial score (nSPS) is 14.3. The first-order chi connectivity index (χ1) is 8.04. The van der Waals surface area contributed by atoms with E-state index in [1.165, 1.54) is 0 Å². The number of alkyl halides is 1. The van der Waals surface area contributed by atoms with Crippen LogP contribution < -0.4 is 0 Å². The van der Waals surface area contributed by atoms with Gasteiger partial charge in [0.25, 0.3) is 5.69 Å². The van der Waals surface area contributed by atoms with Gasteiger partial charge in [-0.3, -0.25) is 10.1 Å². The molecule has 0 amide bonds. The van der Waals surface area contributed by atoms with E-state index in [0.29, 0.717) is 5.92 Å². The number of nitro groups is 1. The Balaban J connectivity index is 2.55. The summed E-state index contributed by atoms with van der Waals surface area (Å²) < 4.78 is 0. The quantitative estimate of drug-likeness (QED) is 0.435. The van der Waals surface area contributed by atoms with Crippen LogP contribution in [-0.2, 0) is 6.42 Å². The average Bonchev–Trinajstić information content (AvgIpc) is 2.30. The third-order valence-electron chi connectivity index (χ3n) is 3.12. The van der Waals surface area contributed by atoms with Gasteiger partial charge in [-0.1, -0.05) is 25.5 Å². The van der Waals surface area contributed by atoms with E-state index in [0.717, 1.165) is 24.8 Å². The number of hydrogen-bond donors (Lipinski definition) is 0. The Bertz CT molecular complexity index is 362. The van der Waals surface area contributed by atoms with Crippen LogP contribution in [0.1, 0.15) is 32.3 Å². The minimum absolute atomic E-state index is 0.145. The fourth-order valence-electron chi connectivity index (χ4n) is 1.89. The SMILES string of the molecule is CCC(CCc1ccc([N+](=O)[O-])cc1)C(C)Cl. The molecule has 94 valence electrons. The first-order valence-electron chi connectivity index (χ1n) is 5.92. The van der Waals surface area contributed by atoms with E-state index in [1.807, 2.05) is 19.1 Å². The highest BCUT2D eigenvalue weighted by Gasteiger charge is 2.13. The number of hydrogen-bond acceptors (Lipinski definition) is 2. The second-order valence-electron chi connectivity index (χ2n) is 4.31. The summed E-state index contributed by atoms with van der Waals surface area (Å²) in [7, 11) is 0. The summed E-state index contributed by atoms with van der Waals surface area (Å²) in [6, 6.07) is 6.76. The van der Waals surface area contributed by atoms with E-state index in [4.69, 9.17) is 11.6 Å². The summed E-state index contributed by atoms with van der Waals surface area (Å²) in [5, 5.41) is 10.7. The van der Waals surface area contributed by atoms with Crippen LogP contribution in [0.5, 0.6) is 0 Å². The van der Waals surface area contributed by atoms with Crippen LogP contribution in [0.15, 0.2) is 24.3 Å². The topological polar surface area (TPSA) is 43.1 Å². The predicted octanol–water partition coefficient (Wildman–Crippen LogP) is 4.18. The molecule has 0 fully saturated rings. The van der Waals surface area contributed by atoms with Gasteiger partial charge in [0.15, 0.2) is 0 Å². The lowest BCUT2D eigenvalue weighted by Gasteiger charge is -2.16. The van der Waals surface area contributed by atoms with Crippen molar-refractivity contribution in [3.8, 4) is 0 Å². The number of nitro benzene ring substituents is 1. The Hall–Kier alpha value is -1.09. The van der Waals surface area contributed by atoms with Crippen molar-refractivity contribution in [2.45, 2.75) is 38.5 Å². The zero-order valence-electron chi connectivity index (χ0n) is 10.2. The van der Waals surface area contributed by atoms with E-state index < -0.39 is 0 Å². The van der Waals surface area contributed by atoms with E-state index in [9.17, 15) is 10.1 Å². The zero-order chi connectivity index (χ0) is 12.8. The minimum atomic E-state index is -0.376. The van der Waals surface area contributed by atoms with Crippen molar-refractivity contribution >= 4 is 17.3 Å². The van der Waals surface area contributed by atoms with E-state index in [2.05, 4.69) is 6.92 Å². The van der Waals surface area contributed by atoms with Crippen molar-refractivity contribution in [2.75, 3.05) is 0 Å².